The molecule has 4 nitrogen and oxygen atoms in total. The van der Waals surface area contributed by atoms with Crippen LogP contribution in [0.5, 0.6) is 0 Å². The van der Waals surface area contributed by atoms with E-state index in [4.69, 9.17) is 5.84 Å². The summed E-state index contributed by atoms with van der Waals surface area (Å²) >= 11 is 0. The number of guanidine groups is 1. The van der Waals surface area contributed by atoms with E-state index in [9.17, 15) is 13.2 Å². The van der Waals surface area contributed by atoms with Crippen LogP contribution < -0.4 is 16.6 Å². The Kier molecular flexibility index (Phi) is 5.06. The number of alkyl halides is 3. The molecule has 1 fully saturated rings. The first-order chi connectivity index (χ1) is 9.99. The molecular formula is C14H19F3N4. The fourth-order valence-corrected chi connectivity index (χ4v) is 2.37. The second-order valence-corrected chi connectivity index (χ2v) is 5.13. The van der Waals surface area contributed by atoms with Crippen molar-refractivity contribution in [3.05, 3.63) is 35.4 Å². The summed E-state index contributed by atoms with van der Waals surface area (Å²) in [6.07, 6.45) is 0.237. The molecule has 0 aromatic heterocycles. The van der Waals surface area contributed by atoms with Crippen molar-refractivity contribution in [3.63, 3.8) is 0 Å². The Hall–Kier alpha value is -1.76. The van der Waals surface area contributed by atoms with Crippen LogP contribution in [-0.2, 0) is 12.7 Å². The summed E-state index contributed by atoms with van der Waals surface area (Å²) in [5.74, 6) is 5.88. The zero-order valence-corrected chi connectivity index (χ0v) is 11.6. The molecule has 0 atom stereocenters. The third-order valence-electron chi connectivity index (χ3n) is 3.53. The van der Waals surface area contributed by atoms with Crippen LogP contribution in [0, 0.1) is 0 Å². The summed E-state index contributed by atoms with van der Waals surface area (Å²) in [5, 5.41) is 3.21. The minimum absolute atomic E-state index is 0.275. The molecule has 0 spiro atoms. The number of rotatable bonds is 3. The molecule has 2 rings (SSSR count). The fraction of sp³-hybridized carbons (Fsp3) is 0.500. The Morgan fingerprint density at radius 3 is 2.33 bits per heavy atom. The molecule has 1 aromatic carbocycles. The maximum Gasteiger partial charge on any atom is 0.416 e. The molecule has 1 aliphatic carbocycles. The van der Waals surface area contributed by atoms with Gasteiger partial charge in [0.2, 0.25) is 5.96 Å². The fourth-order valence-electron chi connectivity index (χ4n) is 2.37. The molecule has 0 amide bonds. The highest BCUT2D eigenvalue weighted by Gasteiger charge is 2.29. The van der Waals surface area contributed by atoms with Crippen LogP contribution in [0.4, 0.5) is 13.2 Å². The van der Waals surface area contributed by atoms with Crippen molar-refractivity contribution >= 4 is 5.96 Å². The number of aliphatic imine (C=N–C) groups is 1. The van der Waals surface area contributed by atoms with Crippen LogP contribution >= 0.6 is 0 Å². The summed E-state index contributed by atoms with van der Waals surface area (Å²) in [5.41, 5.74) is 2.54. The van der Waals surface area contributed by atoms with Gasteiger partial charge in [0.1, 0.15) is 0 Å². The van der Waals surface area contributed by atoms with Gasteiger partial charge in [-0.05, 0) is 30.5 Å². The smallest absolute Gasteiger partial charge is 0.353 e. The Labute approximate surface area is 121 Å². The minimum Gasteiger partial charge on any atom is -0.353 e. The lowest BCUT2D eigenvalue weighted by Crippen LogP contribution is -2.45. The molecule has 0 unspecified atom stereocenters. The van der Waals surface area contributed by atoms with E-state index in [0.29, 0.717) is 17.6 Å². The number of nitrogens with one attached hydrogen (secondary N) is 2. The molecule has 1 aromatic rings. The average Bonchev–Trinajstić information content (AvgIpc) is 2.96. The first-order valence-electron chi connectivity index (χ1n) is 6.93. The summed E-state index contributed by atoms with van der Waals surface area (Å²) in [6.45, 7) is 0.275. The number of halogens is 3. The third kappa shape index (κ3) is 4.63. The Morgan fingerprint density at radius 2 is 1.81 bits per heavy atom. The molecule has 4 N–H and O–H groups in total. The number of nitrogens with zero attached hydrogens (tertiary/aromatic N) is 1. The largest absolute Gasteiger partial charge is 0.416 e. The van der Waals surface area contributed by atoms with E-state index in [1.54, 1.807) is 0 Å². The standard InChI is InChI=1S/C14H19F3N4/c15-14(16,17)11-7-5-10(6-8-11)9-19-13(21-18)20-12-3-1-2-4-12/h5-8,12H,1-4,9,18H2,(H2,19,20,21). The van der Waals surface area contributed by atoms with Crippen molar-refractivity contribution in [1.29, 1.82) is 0 Å². The monoisotopic (exact) mass is 300 g/mol. The van der Waals surface area contributed by atoms with E-state index < -0.39 is 11.7 Å². The number of hydrogen-bond acceptors (Lipinski definition) is 2. The molecule has 7 heteroatoms. The predicted molar refractivity (Wildman–Crippen MR) is 75.3 cm³/mol. The van der Waals surface area contributed by atoms with Gasteiger partial charge >= 0.3 is 6.18 Å². The molecule has 21 heavy (non-hydrogen) atoms. The van der Waals surface area contributed by atoms with Gasteiger partial charge in [0, 0.05) is 6.04 Å². The highest BCUT2D eigenvalue weighted by atomic mass is 19.4. The van der Waals surface area contributed by atoms with Gasteiger partial charge in [-0.25, -0.2) is 10.8 Å². The number of benzene rings is 1. The van der Waals surface area contributed by atoms with E-state index in [-0.39, 0.29) is 6.54 Å². The average molecular weight is 300 g/mol. The lowest BCUT2D eigenvalue weighted by molar-refractivity contribution is -0.137. The van der Waals surface area contributed by atoms with Crippen molar-refractivity contribution in [2.45, 2.75) is 44.4 Å². The number of nitrogens with two attached hydrogens (primary N) is 1. The van der Waals surface area contributed by atoms with Crippen LogP contribution in [0.3, 0.4) is 0 Å². The van der Waals surface area contributed by atoms with Gasteiger partial charge < -0.3 is 5.32 Å². The third-order valence-corrected chi connectivity index (χ3v) is 3.53. The van der Waals surface area contributed by atoms with Crippen LogP contribution in [0.15, 0.2) is 29.3 Å². The Morgan fingerprint density at radius 1 is 1.19 bits per heavy atom. The molecule has 1 aliphatic rings. The highest BCUT2D eigenvalue weighted by molar-refractivity contribution is 5.79. The summed E-state index contributed by atoms with van der Waals surface area (Å²) in [6, 6.07) is 5.34. The lowest BCUT2D eigenvalue weighted by Gasteiger charge is -2.15. The van der Waals surface area contributed by atoms with Gasteiger partial charge in [-0.15, -0.1) is 0 Å². The number of hydrazine groups is 1. The van der Waals surface area contributed by atoms with E-state index in [0.717, 1.165) is 25.0 Å². The van der Waals surface area contributed by atoms with Crippen molar-refractivity contribution in [2.24, 2.45) is 10.8 Å². The Balaban J connectivity index is 1.94. The molecule has 0 bridgehead atoms. The second-order valence-electron chi connectivity index (χ2n) is 5.13. The van der Waals surface area contributed by atoms with Gasteiger partial charge in [-0.1, -0.05) is 25.0 Å². The van der Waals surface area contributed by atoms with Gasteiger partial charge in [0.05, 0.1) is 12.1 Å². The minimum atomic E-state index is -4.31. The summed E-state index contributed by atoms with van der Waals surface area (Å²) in [7, 11) is 0. The molecule has 0 heterocycles. The lowest BCUT2D eigenvalue weighted by atomic mass is 10.1. The van der Waals surface area contributed by atoms with Crippen LogP contribution in [0.25, 0.3) is 0 Å². The van der Waals surface area contributed by atoms with Gasteiger partial charge in [0.15, 0.2) is 0 Å². The first kappa shape index (κ1) is 15.6. The zero-order chi connectivity index (χ0) is 15.3. The Bertz CT molecular complexity index is 476. The van der Waals surface area contributed by atoms with Crippen molar-refractivity contribution < 1.29 is 13.2 Å². The molecule has 0 radical (unpaired) electrons. The molecule has 0 saturated heterocycles. The van der Waals surface area contributed by atoms with Crippen LogP contribution in [0.2, 0.25) is 0 Å². The predicted octanol–water partition coefficient (Wildman–Crippen LogP) is 2.56. The van der Waals surface area contributed by atoms with E-state index in [1.165, 1.54) is 25.0 Å². The van der Waals surface area contributed by atoms with Gasteiger partial charge in [-0.2, -0.15) is 13.2 Å². The van der Waals surface area contributed by atoms with Crippen molar-refractivity contribution in [3.8, 4) is 0 Å². The van der Waals surface area contributed by atoms with Crippen LogP contribution in [0.1, 0.15) is 36.8 Å². The zero-order valence-electron chi connectivity index (χ0n) is 11.6. The molecule has 0 aliphatic heterocycles. The normalized spacial score (nSPS) is 17.0. The van der Waals surface area contributed by atoms with Gasteiger partial charge in [0.25, 0.3) is 0 Å². The van der Waals surface area contributed by atoms with E-state index in [2.05, 4.69) is 15.7 Å². The SMILES string of the molecule is NNC(=NCc1ccc(C(F)(F)F)cc1)NC1CCCC1. The van der Waals surface area contributed by atoms with Crippen molar-refractivity contribution in [2.75, 3.05) is 0 Å². The van der Waals surface area contributed by atoms with E-state index >= 15 is 0 Å². The first-order valence-corrected chi connectivity index (χ1v) is 6.93. The maximum absolute atomic E-state index is 12.5. The second kappa shape index (κ2) is 6.80. The topological polar surface area (TPSA) is 62.4 Å². The quantitative estimate of drug-likeness (QED) is 0.348. The summed E-state index contributed by atoms with van der Waals surface area (Å²) in [4.78, 5) is 4.26. The van der Waals surface area contributed by atoms with Gasteiger partial charge in [-0.3, -0.25) is 5.43 Å². The molecular weight excluding hydrogens is 281 g/mol. The number of hydrogen-bond donors (Lipinski definition) is 3. The maximum atomic E-state index is 12.5. The highest BCUT2D eigenvalue weighted by Crippen LogP contribution is 2.29. The molecule has 116 valence electrons. The summed E-state index contributed by atoms with van der Waals surface area (Å²) < 4.78 is 37.4. The molecule has 1 saturated carbocycles. The van der Waals surface area contributed by atoms with E-state index in [1.807, 2.05) is 0 Å². The van der Waals surface area contributed by atoms with Crippen LogP contribution in [-0.4, -0.2) is 12.0 Å². The van der Waals surface area contributed by atoms with Crippen molar-refractivity contribution in [1.82, 2.24) is 10.7 Å².